The summed E-state index contributed by atoms with van der Waals surface area (Å²) in [4.78, 5) is 22.9. The van der Waals surface area contributed by atoms with Crippen molar-refractivity contribution in [3.8, 4) is 0 Å². The van der Waals surface area contributed by atoms with Crippen molar-refractivity contribution >= 4 is 11.5 Å². The van der Waals surface area contributed by atoms with Gasteiger partial charge in [0.1, 0.15) is 11.5 Å². The van der Waals surface area contributed by atoms with Crippen molar-refractivity contribution in [3.05, 3.63) is 57.0 Å². The molecule has 1 aliphatic rings. The molecule has 1 N–H and O–H groups in total. The molecule has 24 heavy (non-hydrogen) atoms. The fourth-order valence-corrected chi connectivity index (χ4v) is 3.79. The summed E-state index contributed by atoms with van der Waals surface area (Å²) in [7, 11) is 0. The van der Waals surface area contributed by atoms with E-state index in [9.17, 15) is 20.0 Å². The van der Waals surface area contributed by atoms with Gasteiger partial charge < -0.3 is 9.63 Å². The number of hydrogen-bond acceptors (Lipinski definition) is 6. The third-order valence-corrected chi connectivity index (χ3v) is 4.70. The largest absolute Gasteiger partial charge is 0.389 e. The highest BCUT2D eigenvalue weighted by Gasteiger charge is 2.49. The van der Waals surface area contributed by atoms with Crippen molar-refractivity contribution in [2.45, 2.75) is 38.7 Å². The summed E-state index contributed by atoms with van der Waals surface area (Å²) < 4.78 is 5.26. The smallest absolute Gasteiger partial charge is 0.269 e. The summed E-state index contributed by atoms with van der Waals surface area (Å²) >= 11 is 0. The van der Waals surface area contributed by atoms with Crippen LogP contribution in [0.3, 0.4) is 0 Å². The van der Waals surface area contributed by atoms with Crippen LogP contribution in [-0.4, -0.2) is 26.6 Å². The van der Waals surface area contributed by atoms with E-state index in [0.29, 0.717) is 17.0 Å². The number of carbonyl (C=O) groups is 1. The van der Waals surface area contributed by atoms with E-state index in [4.69, 9.17) is 4.52 Å². The molecule has 1 aliphatic carbocycles. The predicted molar refractivity (Wildman–Crippen MR) is 84.7 cm³/mol. The standard InChI is InChI=1S/C17H18N2O5/c1-9(20)16-15(11-5-4-6-12(7-11)19(22)23)14-10(2)24-18-13(14)8-17(16,3)21/h4-7,15-16,21H,8H2,1-3H3. The number of benzene rings is 1. The van der Waals surface area contributed by atoms with E-state index >= 15 is 0 Å². The average Bonchev–Trinajstić information content (AvgIpc) is 2.85. The molecule has 0 spiro atoms. The zero-order valence-corrected chi connectivity index (χ0v) is 13.6. The molecule has 126 valence electrons. The molecule has 0 aliphatic heterocycles. The van der Waals surface area contributed by atoms with Gasteiger partial charge in [-0.3, -0.25) is 14.9 Å². The van der Waals surface area contributed by atoms with Crippen molar-refractivity contribution in [1.82, 2.24) is 5.16 Å². The molecule has 0 fully saturated rings. The molecule has 3 atom stereocenters. The average molecular weight is 330 g/mol. The monoisotopic (exact) mass is 330 g/mol. The van der Waals surface area contributed by atoms with Crippen molar-refractivity contribution in [2.24, 2.45) is 5.92 Å². The van der Waals surface area contributed by atoms with Gasteiger partial charge in [0, 0.05) is 30.0 Å². The summed E-state index contributed by atoms with van der Waals surface area (Å²) in [6, 6.07) is 6.15. The summed E-state index contributed by atoms with van der Waals surface area (Å²) in [6.45, 7) is 4.76. The molecule has 3 rings (SSSR count). The minimum atomic E-state index is -1.31. The Balaban J connectivity index is 2.24. The summed E-state index contributed by atoms with van der Waals surface area (Å²) in [6.07, 6.45) is 0.204. The normalized spacial score (nSPS) is 26.0. The van der Waals surface area contributed by atoms with Gasteiger partial charge in [0.05, 0.1) is 22.1 Å². The van der Waals surface area contributed by atoms with Crippen LogP contribution in [0.1, 0.15) is 42.3 Å². The van der Waals surface area contributed by atoms with Gasteiger partial charge in [0.2, 0.25) is 0 Å². The quantitative estimate of drug-likeness (QED) is 0.684. The number of carbonyl (C=O) groups excluding carboxylic acids is 1. The molecule has 2 aromatic rings. The first-order chi connectivity index (χ1) is 11.2. The number of hydrogen-bond donors (Lipinski definition) is 1. The maximum absolute atomic E-state index is 12.3. The number of nitro groups is 1. The van der Waals surface area contributed by atoms with E-state index in [2.05, 4.69) is 5.16 Å². The van der Waals surface area contributed by atoms with Gasteiger partial charge in [0.25, 0.3) is 5.69 Å². The maximum Gasteiger partial charge on any atom is 0.269 e. The van der Waals surface area contributed by atoms with Gasteiger partial charge in [-0.1, -0.05) is 17.3 Å². The summed E-state index contributed by atoms with van der Waals surface area (Å²) in [5.41, 5.74) is 0.554. The van der Waals surface area contributed by atoms with Crippen molar-refractivity contribution in [1.29, 1.82) is 0 Å². The zero-order valence-electron chi connectivity index (χ0n) is 13.6. The molecule has 3 unspecified atom stereocenters. The first kappa shape index (κ1) is 16.3. The molecule has 1 aromatic carbocycles. The molecule has 0 amide bonds. The van der Waals surface area contributed by atoms with Crippen LogP contribution in [0.5, 0.6) is 0 Å². The molecule has 0 bridgehead atoms. The summed E-state index contributed by atoms with van der Waals surface area (Å²) in [5, 5.41) is 25.9. The Morgan fingerprint density at radius 2 is 2.21 bits per heavy atom. The van der Waals surface area contributed by atoms with Gasteiger partial charge in [-0.15, -0.1) is 0 Å². The maximum atomic E-state index is 12.3. The van der Waals surface area contributed by atoms with Crippen molar-refractivity contribution in [3.63, 3.8) is 0 Å². The number of aryl methyl sites for hydroxylation is 1. The van der Waals surface area contributed by atoms with Crippen LogP contribution in [0.2, 0.25) is 0 Å². The summed E-state index contributed by atoms with van der Waals surface area (Å²) in [5.74, 6) is -0.886. The lowest BCUT2D eigenvalue weighted by Gasteiger charge is -2.40. The lowest BCUT2D eigenvalue weighted by molar-refractivity contribution is -0.384. The number of non-ortho nitro benzene ring substituents is 1. The minimum absolute atomic E-state index is 0.0596. The second kappa shape index (κ2) is 5.52. The van der Waals surface area contributed by atoms with Crippen molar-refractivity contribution in [2.75, 3.05) is 0 Å². The van der Waals surface area contributed by atoms with Crippen molar-refractivity contribution < 1.29 is 19.3 Å². The van der Waals surface area contributed by atoms with Gasteiger partial charge in [-0.25, -0.2) is 0 Å². The Morgan fingerprint density at radius 1 is 1.50 bits per heavy atom. The van der Waals surface area contributed by atoms with Crippen LogP contribution in [0.15, 0.2) is 28.8 Å². The van der Waals surface area contributed by atoms with Crippen LogP contribution in [-0.2, 0) is 11.2 Å². The lowest BCUT2D eigenvalue weighted by Crippen LogP contribution is -2.48. The number of aromatic nitrogens is 1. The number of nitro benzene ring substituents is 1. The van der Waals surface area contributed by atoms with Crippen LogP contribution < -0.4 is 0 Å². The number of rotatable bonds is 3. The Hall–Kier alpha value is -2.54. The lowest BCUT2D eigenvalue weighted by atomic mass is 9.64. The predicted octanol–water partition coefficient (Wildman–Crippen LogP) is 2.54. The highest BCUT2D eigenvalue weighted by Crippen LogP contribution is 2.47. The second-order valence-electron chi connectivity index (χ2n) is 6.55. The third kappa shape index (κ3) is 2.50. The van der Waals surface area contributed by atoms with E-state index < -0.39 is 22.4 Å². The molecule has 7 heteroatoms. The van der Waals surface area contributed by atoms with Crippen LogP contribution >= 0.6 is 0 Å². The number of nitrogens with zero attached hydrogens (tertiary/aromatic N) is 2. The molecular formula is C17H18N2O5. The highest BCUT2D eigenvalue weighted by molar-refractivity contribution is 5.82. The van der Waals surface area contributed by atoms with Gasteiger partial charge >= 0.3 is 0 Å². The molecule has 1 aromatic heterocycles. The first-order valence-corrected chi connectivity index (χ1v) is 7.64. The van der Waals surface area contributed by atoms with Crippen LogP contribution in [0, 0.1) is 23.0 Å². The van der Waals surface area contributed by atoms with Crippen LogP contribution in [0.25, 0.3) is 0 Å². The molecule has 0 radical (unpaired) electrons. The number of Topliss-reactive ketones (excluding diaryl/α,β-unsaturated/α-hetero) is 1. The van der Waals surface area contributed by atoms with E-state index in [1.165, 1.54) is 19.1 Å². The molecular weight excluding hydrogens is 312 g/mol. The van der Waals surface area contributed by atoms with E-state index in [1.807, 2.05) is 0 Å². The van der Waals surface area contributed by atoms with E-state index in [1.54, 1.807) is 26.0 Å². The Labute approximate surface area is 138 Å². The van der Waals surface area contributed by atoms with E-state index in [-0.39, 0.29) is 17.9 Å². The number of fused-ring (bicyclic) bond motifs is 1. The molecule has 0 saturated heterocycles. The Morgan fingerprint density at radius 3 is 2.83 bits per heavy atom. The Kier molecular flexibility index (Phi) is 3.76. The van der Waals surface area contributed by atoms with Gasteiger partial charge in [0.15, 0.2) is 0 Å². The zero-order chi connectivity index (χ0) is 17.6. The number of aliphatic hydroxyl groups is 1. The van der Waals surface area contributed by atoms with Gasteiger partial charge in [-0.2, -0.15) is 0 Å². The second-order valence-corrected chi connectivity index (χ2v) is 6.55. The van der Waals surface area contributed by atoms with Crippen LogP contribution in [0.4, 0.5) is 5.69 Å². The van der Waals surface area contributed by atoms with E-state index in [0.717, 1.165) is 5.56 Å². The first-order valence-electron chi connectivity index (χ1n) is 7.64. The highest BCUT2D eigenvalue weighted by atomic mass is 16.6. The molecule has 7 nitrogen and oxygen atoms in total. The van der Waals surface area contributed by atoms with Gasteiger partial charge in [-0.05, 0) is 26.3 Å². The molecule has 0 saturated carbocycles. The Bertz CT molecular complexity index is 824. The topological polar surface area (TPSA) is 106 Å². The minimum Gasteiger partial charge on any atom is -0.389 e. The third-order valence-electron chi connectivity index (χ3n) is 4.70. The molecule has 1 heterocycles. The number of ketones is 1. The fraction of sp³-hybridized carbons (Fsp3) is 0.412. The SMILES string of the molecule is CC(=O)C1C(c2cccc([N+](=O)[O-])c2)c2c(noc2C)CC1(C)O. The fourth-order valence-electron chi connectivity index (χ4n) is 3.79.